The number of hydrogen-bond donors (Lipinski definition) is 3. The summed E-state index contributed by atoms with van der Waals surface area (Å²) < 4.78 is 44.9. The standard InChI is InChI=1S/C30H35ClF3N7O4/c1-28(2,3)45-27(44)41-12-10-40(11-13-41)25(42)29(4)24(35)36-17-23(39-29)19-7-5-6-18(14-19)16-37-26(43)38-20-8-9-22(31)21(15-20)30(32,33)34/h5-9,14-15,17,24H,10-13,16,35H2,1-4H3,(H2,37,38,43). The van der Waals surface area contributed by atoms with E-state index in [0.717, 1.165) is 12.1 Å². The van der Waals surface area contributed by atoms with Crippen LogP contribution in [-0.4, -0.2) is 83.2 Å². The van der Waals surface area contributed by atoms with Crippen molar-refractivity contribution in [3.05, 3.63) is 64.2 Å². The van der Waals surface area contributed by atoms with Crippen molar-refractivity contribution in [1.29, 1.82) is 0 Å². The summed E-state index contributed by atoms with van der Waals surface area (Å²) in [5.41, 5.74) is 4.79. The van der Waals surface area contributed by atoms with Crippen LogP contribution in [-0.2, 0) is 22.3 Å². The van der Waals surface area contributed by atoms with Crippen LogP contribution in [0.2, 0.25) is 5.02 Å². The summed E-state index contributed by atoms with van der Waals surface area (Å²) in [7, 11) is 0. The molecule has 0 spiro atoms. The SMILES string of the molecule is CC(C)(C)OC(=O)N1CCN(C(=O)C2(C)N=C(c3cccc(CNC(=O)Nc4ccc(Cl)c(C(F)(F)F)c4)c3)C=NC2N)CC1. The molecule has 2 aliphatic rings. The number of piperazine rings is 1. The molecule has 2 atom stereocenters. The molecule has 4 amide bonds. The Morgan fingerprint density at radius 2 is 1.73 bits per heavy atom. The van der Waals surface area contributed by atoms with E-state index in [1.165, 1.54) is 12.3 Å². The van der Waals surface area contributed by atoms with Gasteiger partial charge in [0.25, 0.3) is 5.91 Å². The fraction of sp³-hybridized carbons (Fsp3) is 0.433. The number of nitrogens with zero attached hydrogens (tertiary/aromatic N) is 4. The number of aliphatic imine (C=N–C) groups is 2. The summed E-state index contributed by atoms with van der Waals surface area (Å²) >= 11 is 5.64. The number of ether oxygens (including phenoxy) is 1. The number of benzene rings is 2. The number of hydrogen-bond acceptors (Lipinski definition) is 7. The van der Waals surface area contributed by atoms with Gasteiger partial charge in [0.05, 0.1) is 16.3 Å². The summed E-state index contributed by atoms with van der Waals surface area (Å²) in [6.45, 7) is 8.20. The second-order valence-corrected chi connectivity index (χ2v) is 12.2. The molecule has 2 aromatic rings. The first-order valence-electron chi connectivity index (χ1n) is 14.1. The van der Waals surface area contributed by atoms with E-state index in [4.69, 9.17) is 27.1 Å². The molecule has 0 saturated carbocycles. The van der Waals surface area contributed by atoms with Crippen LogP contribution in [0.3, 0.4) is 0 Å². The predicted molar refractivity (Wildman–Crippen MR) is 165 cm³/mol. The predicted octanol–water partition coefficient (Wildman–Crippen LogP) is 4.68. The van der Waals surface area contributed by atoms with Crippen molar-refractivity contribution >= 4 is 47.2 Å². The molecular formula is C30H35ClF3N7O4. The van der Waals surface area contributed by atoms with Gasteiger partial charge in [-0.1, -0.05) is 29.8 Å². The molecule has 0 bridgehead atoms. The Balaban J connectivity index is 1.40. The molecule has 11 nitrogen and oxygen atoms in total. The van der Waals surface area contributed by atoms with Crippen LogP contribution in [0.15, 0.2) is 52.4 Å². The highest BCUT2D eigenvalue weighted by molar-refractivity contribution is 6.39. The summed E-state index contributed by atoms with van der Waals surface area (Å²) in [4.78, 5) is 50.7. The minimum absolute atomic E-state index is 0.0431. The maximum atomic E-state index is 13.7. The Morgan fingerprint density at radius 1 is 1.07 bits per heavy atom. The van der Waals surface area contributed by atoms with E-state index in [9.17, 15) is 27.6 Å². The van der Waals surface area contributed by atoms with Crippen molar-refractivity contribution in [2.45, 2.75) is 57.7 Å². The third-order valence-corrected chi connectivity index (χ3v) is 7.47. The van der Waals surface area contributed by atoms with Gasteiger partial charge in [-0.15, -0.1) is 0 Å². The second-order valence-electron chi connectivity index (χ2n) is 11.8. The summed E-state index contributed by atoms with van der Waals surface area (Å²) in [5.74, 6) is -0.321. The molecular weight excluding hydrogens is 615 g/mol. The minimum atomic E-state index is -4.67. The van der Waals surface area contributed by atoms with E-state index in [1.54, 1.807) is 61.8 Å². The quantitative estimate of drug-likeness (QED) is 0.431. The van der Waals surface area contributed by atoms with E-state index in [1.807, 2.05) is 0 Å². The van der Waals surface area contributed by atoms with E-state index in [0.29, 0.717) is 29.9 Å². The molecule has 2 aliphatic heterocycles. The smallest absolute Gasteiger partial charge is 0.417 e. The normalized spacial score (nSPS) is 20.4. The number of amides is 4. The van der Waals surface area contributed by atoms with Gasteiger partial charge in [0, 0.05) is 50.2 Å². The van der Waals surface area contributed by atoms with E-state index < -0.39 is 46.2 Å². The fourth-order valence-electron chi connectivity index (χ4n) is 4.71. The lowest BCUT2D eigenvalue weighted by Gasteiger charge is -2.40. The highest BCUT2D eigenvalue weighted by Gasteiger charge is 2.45. The van der Waals surface area contributed by atoms with Gasteiger partial charge >= 0.3 is 18.3 Å². The van der Waals surface area contributed by atoms with Gasteiger partial charge in [0.15, 0.2) is 5.54 Å². The summed E-state index contributed by atoms with van der Waals surface area (Å²) in [6.07, 6.45) is -4.56. The van der Waals surface area contributed by atoms with Crippen molar-refractivity contribution < 1.29 is 32.3 Å². The van der Waals surface area contributed by atoms with Crippen LogP contribution in [0.25, 0.3) is 0 Å². The van der Waals surface area contributed by atoms with Gasteiger partial charge < -0.3 is 30.9 Å². The van der Waals surface area contributed by atoms with E-state index >= 15 is 0 Å². The molecule has 1 fully saturated rings. The highest BCUT2D eigenvalue weighted by Crippen LogP contribution is 2.36. The van der Waals surface area contributed by atoms with Crippen LogP contribution in [0.4, 0.5) is 28.4 Å². The topological polar surface area (TPSA) is 142 Å². The molecule has 1 saturated heterocycles. The monoisotopic (exact) mass is 649 g/mol. The van der Waals surface area contributed by atoms with Crippen LogP contribution in [0.5, 0.6) is 0 Å². The number of nitrogens with one attached hydrogen (secondary N) is 2. The van der Waals surface area contributed by atoms with Gasteiger partial charge in [-0.25, -0.2) is 9.59 Å². The number of alkyl halides is 3. The van der Waals surface area contributed by atoms with Crippen molar-refractivity contribution in [1.82, 2.24) is 15.1 Å². The minimum Gasteiger partial charge on any atom is -0.444 e. The van der Waals surface area contributed by atoms with Crippen LogP contribution >= 0.6 is 11.6 Å². The Hall–Kier alpha value is -4.17. The van der Waals surface area contributed by atoms with Crippen LogP contribution in [0.1, 0.15) is 44.4 Å². The first-order valence-corrected chi connectivity index (χ1v) is 14.5. The number of carbonyl (C=O) groups excluding carboxylic acids is 3. The first-order chi connectivity index (χ1) is 21.0. The number of anilines is 1. The van der Waals surface area contributed by atoms with Gasteiger partial charge in [-0.05, 0) is 57.5 Å². The molecule has 242 valence electrons. The first kappa shape index (κ1) is 33.7. The van der Waals surface area contributed by atoms with Crippen molar-refractivity contribution in [2.24, 2.45) is 15.7 Å². The number of rotatable bonds is 5. The van der Waals surface area contributed by atoms with Gasteiger partial charge in [-0.3, -0.25) is 14.8 Å². The lowest BCUT2D eigenvalue weighted by Crippen LogP contribution is -2.61. The lowest BCUT2D eigenvalue weighted by atomic mass is 9.94. The van der Waals surface area contributed by atoms with Gasteiger partial charge in [0.2, 0.25) is 0 Å². The molecule has 0 aliphatic carbocycles. The Labute approximate surface area is 263 Å². The third-order valence-electron chi connectivity index (χ3n) is 7.14. The molecule has 4 N–H and O–H groups in total. The van der Waals surface area contributed by atoms with Gasteiger partial charge in [0.1, 0.15) is 11.8 Å². The zero-order valence-electron chi connectivity index (χ0n) is 25.2. The van der Waals surface area contributed by atoms with Crippen LogP contribution < -0.4 is 16.4 Å². The maximum absolute atomic E-state index is 13.7. The van der Waals surface area contributed by atoms with Gasteiger partial charge in [-0.2, -0.15) is 13.2 Å². The molecule has 2 aromatic carbocycles. The number of carbonyl (C=O) groups is 3. The molecule has 15 heteroatoms. The molecule has 2 heterocycles. The fourth-order valence-corrected chi connectivity index (χ4v) is 4.94. The third kappa shape index (κ3) is 8.31. The highest BCUT2D eigenvalue weighted by atomic mass is 35.5. The summed E-state index contributed by atoms with van der Waals surface area (Å²) in [6, 6.07) is 9.36. The average Bonchev–Trinajstić information content (AvgIpc) is 2.97. The Bertz CT molecular complexity index is 1520. The number of nitrogens with two attached hydrogens (primary N) is 1. The zero-order chi connectivity index (χ0) is 33.2. The zero-order valence-corrected chi connectivity index (χ0v) is 26.0. The maximum Gasteiger partial charge on any atom is 0.417 e. The summed E-state index contributed by atoms with van der Waals surface area (Å²) in [5, 5.41) is 4.50. The van der Waals surface area contributed by atoms with Crippen molar-refractivity contribution in [3.8, 4) is 0 Å². The molecule has 2 unspecified atom stereocenters. The van der Waals surface area contributed by atoms with Crippen molar-refractivity contribution in [2.75, 3.05) is 31.5 Å². The van der Waals surface area contributed by atoms with Crippen LogP contribution in [0, 0.1) is 0 Å². The number of halogens is 4. The molecule has 0 radical (unpaired) electrons. The largest absolute Gasteiger partial charge is 0.444 e. The molecule has 0 aromatic heterocycles. The number of urea groups is 1. The average molecular weight is 650 g/mol. The Kier molecular flexibility index (Phi) is 9.78. The van der Waals surface area contributed by atoms with E-state index in [-0.39, 0.29) is 31.2 Å². The second kappa shape index (κ2) is 13.1. The molecule has 45 heavy (non-hydrogen) atoms. The Morgan fingerprint density at radius 3 is 2.38 bits per heavy atom. The lowest BCUT2D eigenvalue weighted by molar-refractivity contribution is -0.139. The van der Waals surface area contributed by atoms with E-state index in [2.05, 4.69) is 15.6 Å². The van der Waals surface area contributed by atoms with Crippen molar-refractivity contribution in [3.63, 3.8) is 0 Å². The molecule has 4 rings (SSSR count).